The van der Waals surface area contributed by atoms with Gasteiger partial charge in [0, 0.05) is 37.5 Å². The summed E-state index contributed by atoms with van der Waals surface area (Å²) in [5, 5.41) is 7.31. The Hall–Kier alpha value is -3.41. The lowest BCUT2D eigenvalue weighted by Crippen LogP contribution is -2.38. The van der Waals surface area contributed by atoms with Crippen LogP contribution >= 0.6 is 0 Å². The molecular formula is C23H24N4O2. The van der Waals surface area contributed by atoms with Crippen LogP contribution in [0.5, 0.6) is 0 Å². The first-order valence-corrected chi connectivity index (χ1v) is 9.89. The van der Waals surface area contributed by atoms with Crippen molar-refractivity contribution in [2.45, 2.75) is 25.4 Å². The lowest BCUT2D eigenvalue weighted by molar-refractivity contribution is -0.128. The predicted octanol–water partition coefficient (Wildman–Crippen LogP) is 3.02. The molecule has 1 atom stereocenters. The van der Waals surface area contributed by atoms with Crippen LogP contribution in [0.25, 0.3) is 0 Å². The van der Waals surface area contributed by atoms with Crippen LogP contribution in [-0.4, -0.2) is 39.6 Å². The molecule has 0 bridgehead atoms. The predicted molar refractivity (Wildman–Crippen MR) is 110 cm³/mol. The molecule has 1 N–H and O–H groups in total. The highest BCUT2D eigenvalue weighted by molar-refractivity contribution is 5.94. The minimum absolute atomic E-state index is 0.142. The maximum atomic E-state index is 12.9. The number of likely N-dealkylation sites (tertiary alicyclic amines) is 1. The first kappa shape index (κ1) is 18.9. The van der Waals surface area contributed by atoms with E-state index in [1.165, 1.54) is 0 Å². The third-order valence-electron chi connectivity index (χ3n) is 5.20. The lowest BCUT2D eigenvalue weighted by atomic mass is 10.1. The number of nitrogens with one attached hydrogen (secondary N) is 1. The van der Waals surface area contributed by atoms with Gasteiger partial charge in [-0.15, -0.1) is 0 Å². The van der Waals surface area contributed by atoms with Gasteiger partial charge in [-0.3, -0.25) is 14.3 Å². The fraction of sp³-hybridized carbons (Fsp3) is 0.261. The second kappa shape index (κ2) is 8.73. The first-order valence-electron chi connectivity index (χ1n) is 9.89. The second-order valence-electron chi connectivity index (χ2n) is 7.28. The number of rotatable bonds is 7. The summed E-state index contributed by atoms with van der Waals surface area (Å²) in [6, 6.07) is 19.0. The zero-order valence-electron chi connectivity index (χ0n) is 16.2. The molecule has 2 aromatic carbocycles. The Bertz CT molecular complexity index is 952. The Morgan fingerprint density at radius 3 is 2.52 bits per heavy atom. The van der Waals surface area contributed by atoms with E-state index in [-0.39, 0.29) is 17.9 Å². The van der Waals surface area contributed by atoms with Crippen LogP contribution in [0.2, 0.25) is 0 Å². The van der Waals surface area contributed by atoms with Crippen molar-refractivity contribution >= 4 is 11.8 Å². The number of amides is 2. The number of carbonyl (C=O) groups is 2. The van der Waals surface area contributed by atoms with E-state index in [0.717, 1.165) is 24.1 Å². The smallest absolute Gasteiger partial charge is 0.251 e. The van der Waals surface area contributed by atoms with E-state index in [4.69, 9.17) is 0 Å². The zero-order chi connectivity index (χ0) is 20.1. The van der Waals surface area contributed by atoms with Crippen molar-refractivity contribution < 1.29 is 9.59 Å². The molecule has 0 saturated carbocycles. The summed E-state index contributed by atoms with van der Waals surface area (Å²) in [5.41, 5.74) is 2.67. The summed E-state index contributed by atoms with van der Waals surface area (Å²) in [6.07, 6.45) is 5.13. The molecule has 0 aliphatic carbocycles. The minimum Gasteiger partial charge on any atom is -0.343 e. The van der Waals surface area contributed by atoms with E-state index < -0.39 is 0 Å². The van der Waals surface area contributed by atoms with Crippen molar-refractivity contribution in [2.75, 3.05) is 13.1 Å². The van der Waals surface area contributed by atoms with Crippen LogP contribution in [0.1, 0.15) is 40.4 Å². The molecule has 1 fully saturated rings. The molecule has 1 aliphatic rings. The fourth-order valence-electron chi connectivity index (χ4n) is 3.62. The number of carbonyl (C=O) groups excluding carboxylic acids is 2. The number of nitrogens with zero attached hydrogens (tertiary/aromatic N) is 3. The van der Waals surface area contributed by atoms with Gasteiger partial charge in [0.25, 0.3) is 5.91 Å². The molecule has 2 amide bonds. The number of hydrogen-bond donors (Lipinski definition) is 1. The maximum absolute atomic E-state index is 12.9. The van der Waals surface area contributed by atoms with Gasteiger partial charge in [-0.05, 0) is 35.7 Å². The van der Waals surface area contributed by atoms with Crippen molar-refractivity contribution in [1.29, 1.82) is 0 Å². The van der Waals surface area contributed by atoms with Gasteiger partial charge >= 0.3 is 0 Å². The molecule has 6 heteroatoms. The summed E-state index contributed by atoms with van der Waals surface area (Å²) in [5.74, 6) is 0.0132. The molecular weight excluding hydrogens is 364 g/mol. The molecule has 6 nitrogen and oxygen atoms in total. The molecule has 0 unspecified atom stereocenters. The molecule has 1 aliphatic heterocycles. The monoisotopic (exact) mass is 388 g/mol. The van der Waals surface area contributed by atoms with Gasteiger partial charge in [0.05, 0.1) is 12.6 Å². The van der Waals surface area contributed by atoms with Gasteiger partial charge in [0.1, 0.15) is 0 Å². The van der Waals surface area contributed by atoms with E-state index in [1.54, 1.807) is 6.20 Å². The van der Waals surface area contributed by atoms with Crippen LogP contribution in [0.4, 0.5) is 0 Å². The standard InChI is InChI=1S/C23H24N4O2/c28-22-8-4-14-26(22)17-21(19-6-2-1-3-7-19)25-23(29)20-11-9-18(10-12-20)16-27-15-5-13-24-27/h1-3,5-7,9-13,15,21H,4,8,14,16-17H2,(H,25,29)/t21-/m1/s1. The van der Waals surface area contributed by atoms with Crippen LogP contribution < -0.4 is 5.32 Å². The molecule has 0 radical (unpaired) electrons. The van der Waals surface area contributed by atoms with Gasteiger partial charge in [-0.1, -0.05) is 42.5 Å². The van der Waals surface area contributed by atoms with E-state index in [1.807, 2.05) is 76.4 Å². The van der Waals surface area contributed by atoms with E-state index in [0.29, 0.717) is 25.1 Å². The van der Waals surface area contributed by atoms with Gasteiger partial charge in [0.2, 0.25) is 5.91 Å². The Morgan fingerprint density at radius 1 is 1.07 bits per heavy atom. The third-order valence-corrected chi connectivity index (χ3v) is 5.20. The molecule has 148 valence electrons. The summed E-state index contributed by atoms with van der Waals surface area (Å²) >= 11 is 0. The molecule has 2 heterocycles. The third kappa shape index (κ3) is 4.71. The Balaban J connectivity index is 1.46. The molecule has 1 aromatic heterocycles. The average molecular weight is 388 g/mol. The largest absolute Gasteiger partial charge is 0.343 e. The van der Waals surface area contributed by atoms with Crippen molar-refractivity contribution in [2.24, 2.45) is 0 Å². The van der Waals surface area contributed by atoms with Gasteiger partial charge in [-0.2, -0.15) is 5.10 Å². The molecule has 3 aromatic rings. The van der Waals surface area contributed by atoms with E-state index in [2.05, 4.69) is 10.4 Å². The highest BCUT2D eigenvalue weighted by Gasteiger charge is 2.25. The minimum atomic E-state index is -0.241. The fourth-order valence-corrected chi connectivity index (χ4v) is 3.62. The first-order chi connectivity index (χ1) is 14.2. The highest BCUT2D eigenvalue weighted by Crippen LogP contribution is 2.19. The SMILES string of the molecule is O=C(N[C@H](CN1CCCC1=O)c1ccccc1)c1ccc(Cn2cccn2)cc1. The van der Waals surface area contributed by atoms with Crippen molar-refractivity contribution in [3.8, 4) is 0 Å². The second-order valence-corrected chi connectivity index (χ2v) is 7.28. The average Bonchev–Trinajstić information content (AvgIpc) is 3.40. The quantitative estimate of drug-likeness (QED) is 0.677. The zero-order valence-corrected chi connectivity index (χ0v) is 16.2. The van der Waals surface area contributed by atoms with E-state index in [9.17, 15) is 9.59 Å². The Kier molecular flexibility index (Phi) is 5.70. The molecule has 29 heavy (non-hydrogen) atoms. The van der Waals surface area contributed by atoms with Crippen LogP contribution in [-0.2, 0) is 11.3 Å². The van der Waals surface area contributed by atoms with Crippen LogP contribution in [0, 0.1) is 0 Å². The van der Waals surface area contributed by atoms with Crippen molar-refractivity contribution in [3.05, 3.63) is 89.7 Å². The van der Waals surface area contributed by atoms with E-state index >= 15 is 0 Å². The number of aromatic nitrogens is 2. The normalized spacial score (nSPS) is 14.8. The van der Waals surface area contributed by atoms with Crippen molar-refractivity contribution in [3.63, 3.8) is 0 Å². The Morgan fingerprint density at radius 2 is 1.86 bits per heavy atom. The summed E-state index contributed by atoms with van der Waals surface area (Å²) in [4.78, 5) is 26.8. The van der Waals surface area contributed by atoms with Gasteiger partial charge < -0.3 is 10.2 Å². The summed E-state index contributed by atoms with van der Waals surface area (Å²) in [6.45, 7) is 1.91. The molecule has 4 rings (SSSR count). The maximum Gasteiger partial charge on any atom is 0.251 e. The molecule has 0 spiro atoms. The van der Waals surface area contributed by atoms with Crippen LogP contribution in [0.3, 0.4) is 0 Å². The lowest BCUT2D eigenvalue weighted by Gasteiger charge is -2.25. The van der Waals surface area contributed by atoms with Crippen molar-refractivity contribution in [1.82, 2.24) is 20.0 Å². The van der Waals surface area contributed by atoms with Gasteiger partial charge in [-0.25, -0.2) is 0 Å². The van der Waals surface area contributed by atoms with Gasteiger partial charge in [0.15, 0.2) is 0 Å². The highest BCUT2D eigenvalue weighted by atomic mass is 16.2. The number of hydrogen-bond acceptors (Lipinski definition) is 3. The topological polar surface area (TPSA) is 67.2 Å². The molecule has 1 saturated heterocycles. The summed E-state index contributed by atoms with van der Waals surface area (Å²) < 4.78 is 1.84. The Labute approximate surface area is 170 Å². The number of benzene rings is 2. The summed E-state index contributed by atoms with van der Waals surface area (Å²) in [7, 11) is 0. The van der Waals surface area contributed by atoms with Crippen LogP contribution in [0.15, 0.2) is 73.1 Å².